The molecule has 0 amide bonds. The van der Waals surface area contributed by atoms with Crippen molar-refractivity contribution < 1.29 is 27.3 Å². The first-order valence-electron chi connectivity index (χ1n) is 19.4. The number of pyridine rings is 2. The van der Waals surface area contributed by atoms with E-state index in [-0.39, 0.29) is 31.7 Å². The van der Waals surface area contributed by atoms with Gasteiger partial charge in [-0.05, 0) is 51.6 Å². The van der Waals surface area contributed by atoms with Crippen molar-refractivity contribution in [2.45, 2.75) is 64.2 Å². The van der Waals surface area contributed by atoms with Gasteiger partial charge in [-0.1, -0.05) is 92.4 Å². The van der Waals surface area contributed by atoms with E-state index in [2.05, 4.69) is 116 Å². The Kier molecular flexibility index (Phi) is 11.0. The standard InChI is InChI=1S/C32H26NO.C17H22GeN.Ir/c1-32(2,3)19-24-17-29(33-20-28(24)21-10-5-4-6-11-21)26-15-9-14-25-27-16-22-12-7-8-13-23(22)18-30(27)34-31(25)26;1-13(2)15-11-17(14-9-7-6-8-10-14)19-12-16(15)18(3,4)5;/h4-14,16-18,20H,19H2,1-3H3;6-9,11-13H,1-5H3;/q2*-1;/i20D;13D;. The first-order valence-corrected chi connectivity index (χ1v) is 25.7. The molecule has 0 fully saturated rings. The number of aromatic nitrogens is 2. The van der Waals surface area contributed by atoms with Crippen molar-refractivity contribution in [2.75, 3.05) is 0 Å². The van der Waals surface area contributed by atoms with Crippen molar-refractivity contribution in [2.24, 2.45) is 5.41 Å². The van der Waals surface area contributed by atoms with Crippen LogP contribution < -0.4 is 4.40 Å². The fourth-order valence-corrected chi connectivity index (χ4v) is 10.3. The van der Waals surface area contributed by atoms with Gasteiger partial charge in [0.2, 0.25) is 0 Å². The summed E-state index contributed by atoms with van der Waals surface area (Å²) in [5.41, 5.74) is 9.25. The SMILES string of the molecule is [2H]C(C)(C)c1cc(-c2[c-]cccc2)nc[c]1[Ge]([CH3])([CH3])[CH3].[2H]c1nc(-c2[c-]ccc3c2oc2cc4ccccc4cc23)cc(CC(C)(C)C)c1-c1ccccc1.[Ir]. The summed E-state index contributed by atoms with van der Waals surface area (Å²) in [6.45, 7) is 10.6. The molecule has 0 aliphatic rings. The molecular weight excluding hydrogens is 897 g/mol. The fraction of sp³-hybridized carbons (Fsp3) is 0.224. The Morgan fingerprint density at radius 2 is 1.48 bits per heavy atom. The van der Waals surface area contributed by atoms with Gasteiger partial charge in [-0.25, -0.2) is 0 Å². The third-order valence-corrected chi connectivity index (χ3v) is 13.7. The van der Waals surface area contributed by atoms with Gasteiger partial charge < -0.3 is 9.40 Å². The van der Waals surface area contributed by atoms with Crippen molar-refractivity contribution in [1.82, 2.24) is 9.97 Å². The van der Waals surface area contributed by atoms with Crippen LogP contribution in [0.4, 0.5) is 0 Å². The molecule has 0 unspecified atom stereocenters. The molecule has 8 aromatic rings. The molecule has 5 aromatic carbocycles. The first-order chi connectivity index (χ1) is 26.1. The zero-order valence-corrected chi connectivity index (χ0v) is 36.9. The maximum Gasteiger partial charge on any atom is 0.121 e. The average molecular weight is 948 g/mol. The largest absolute Gasteiger partial charge is 0.501 e. The molecule has 0 N–H and O–H groups in total. The summed E-state index contributed by atoms with van der Waals surface area (Å²) in [6, 6.07) is 45.4. The second-order valence-corrected chi connectivity index (χ2v) is 26.9. The minimum Gasteiger partial charge on any atom is -0.501 e. The van der Waals surface area contributed by atoms with Crippen LogP contribution in [0.2, 0.25) is 17.3 Å². The molecule has 0 aliphatic carbocycles. The summed E-state index contributed by atoms with van der Waals surface area (Å²) in [5.74, 6) is 6.45. The van der Waals surface area contributed by atoms with Gasteiger partial charge in [0.25, 0.3) is 0 Å². The van der Waals surface area contributed by atoms with Gasteiger partial charge in [0.15, 0.2) is 0 Å². The number of hydrogen-bond donors (Lipinski definition) is 0. The van der Waals surface area contributed by atoms with E-state index in [0.717, 1.165) is 78.5 Å². The van der Waals surface area contributed by atoms with E-state index in [1.807, 2.05) is 74.6 Å². The number of nitrogens with zero attached hydrogens (tertiary/aromatic N) is 2. The topological polar surface area (TPSA) is 38.9 Å². The van der Waals surface area contributed by atoms with Gasteiger partial charge in [0, 0.05) is 37.2 Å². The maximum atomic E-state index is 8.90. The molecule has 3 aromatic heterocycles. The number of furan rings is 1. The Labute approximate surface area is 339 Å². The maximum absolute atomic E-state index is 8.90. The van der Waals surface area contributed by atoms with Gasteiger partial charge in [0.05, 0.1) is 6.95 Å². The fourth-order valence-electron chi connectivity index (χ4n) is 6.93. The summed E-state index contributed by atoms with van der Waals surface area (Å²) in [4.78, 5) is 9.38. The van der Waals surface area contributed by atoms with Crippen LogP contribution in [0.5, 0.6) is 0 Å². The molecule has 8 rings (SSSR count). The summed E-state index contributed by atoms with van der Waals surface area (Å²) in [7, 11) is 0. The molecule has 0 saturated carbocycles. The second kappa shape index (κ2) is 16.2. The molecule has 0 bridgehead atoms. The van der Waals surface area contributed by atoms with E-state index in [0.29, 0.717) is 0 Å². The second-order valence-electron chi connectivity index (χ2n) is 16.3. The van der Waals surface area contributed by atoms with Crippen LogP contribution in [0, 0.1) is 17.5 Å². The molecule has 3 nitrogen and oxygen atoms in total. The monoisotopic (exact) mass is 949 g/mol. The molecule has 0 aliphatic heterocycles. The number of rotatable bonds is 6. The van der Waals surface area contributed by atoms with E-state index < -0.39 is 19.2 Å². The minimum atomic E-state index is -2.03. The van der Waals surface area contributed by atoms with Gasteiger partial charge >= 0.3 is 120 Å². The van der Waals surface area contributed by atoms with Crippen molar-refractivity contribution in [3.05, 3.63) is 151 Å². The van der Waals surface area contributed by atoms with E-state index in [1.165, 1.54) is 9.78 Å². The van der Waals surface area contributed by atoms with Crippen LogP contribution in [0.3, 0.4) is 0 Å². The summed E-state index contributed by atoms with van der Waals surface area (Å²) >= 11 is -2.03. The van der Waals surface area contributed by atoms with E-state index in [1.54, 1.807) is 0 Å². The summed E-state index contributed by atoms with van der Waals surface area (Å²) in [6.07, 6.45) is 3.11. The van der Waals surface area contributed by atoms with Crippen LogP contribution in [0.15, 0.2) is 132 Å². The van der Waals surface area contributed by atoms with E-state index >= 15 is 0 Å². The van der Waals surface area contributed by atoms with E-state index in [4.69, 9.17) is 12.1 Å². The molecule has 3 heterocycles. The van der Waals surface area contributed by atoms with Gasteiger partial charge in [-0.15, -0.1) is 18.2 Å². The zero-order chi connectivity index (χ0) is 39.1. The van der Waals surface area contributed by atoms with Crippen LogP contribution in [0.25, 0.3) is 66.4 Å². The van der Waals surface area contributed by atoms with Gasteiger partial charge in [0.1, 0.15) is 5.58 Å². The summed E-state index contributed by atoms with van der Waals surface area (Å²) < 4.78 is 25.1. The zero-order valence-electron chi connectivity index (χ0n) is 34.4. The van der Waals surface area contributed by atoms with Crippen LogP contribution in [-0.4, -0.2) is 23.2 Å². The Morgan fingerprint density at radius 3 is 2.15 bits per heavy atom. The van der Waals surface area contributed by atoms with Gasteiger partial charge in [-0.3, -0.25) is 0 Å². The molecular formula is C49H48GeIrN2O-2. The number of hydrogen-bond acceptors (Lipinski definition) is 3. The first kappa shape index (κ1) is 36.6. The van der Waals surface area contributed by atoms with Gasteiger partial charge in [-0.2, -0.15) is 0 Å². The molecule has 0 atom stereocenters. The third kappa shape index (κ3) is 8.63. The minimum absolute atomic E-state index is 0. The van der Waals surface area contributed by atoms with Crippen molar-refractivity contribution in [1.29, 1.82) is 0 Å². The Balaban J connectivity index is 0.000000217. The predicted octanol–water partition coefficient (Wildman–Crippen LogP) is 13.1. The van der Waals surface area contributed by atoms with Crippen molar-refractivity contribution in [3.8, 4) is 33.6 Å². The van der Waals surface area contributed by atoms with Crippen LogP contribution >= 0.6 is 0 Å². The molecule has 1 radical (unpaired) electrons. The normalized spacial score (nSPS) is 12.5. The van der Waals surface area contributed by atoms with Crippen LogP contribution in [-0.2, 0) is 26.5 Å². The molecule has 0 saturated heterocycles. The summed E-state index contributed by atoms with van der Waals surface area (Å²) in [5, 5.41) is 4.45. The predicted molar refractivity (Wildman–Crippen MR) is 227 cm³/mol. The molecule has 5 heteroatoms. The third-order valence-electron chi connectivity index (χ3n) is 9.49. The number of benzene rings is 5. The Bertz CT molecular complexity index is 2640. The van der Waals surface area contributed by atoms with Crippen molar-refractivity contribution in [3.63, 3.8) is 0 Å². The molecule has 0 spiro atoms. The van der Waals surface area contributed by atoms with Crippen molar-refractivity contribution >= 4 is 50.4 Å². The van der Waals surface area contributed by atoms with E-state index in [9.17, 15) is 0 Å². The number of fused-ring (bicyclic) bond motifs is 4. The average Bonchev–Trinajstić information content (AvgIpc) is 3.50. The molecule has 275 valence electrons. The Hall–Kier alpha value is -4.35. The molecule has 54 heavy (non-hydrogen) atoms. The quantitative estimate of drug-likeness (QED) is 0.123. The Morgan fingerprint density at radius 1 is 0.778 bits per heavy atom. The van der Waals surface area contributed by atoms with Crippen LogP contribution in [0.1, 0.15) is 54.4 Å². The smallest absolute Gasteiger partial charge is 0.121 e.